The van der Waals surface area contributed by atoms with Gasteiger partial charge in [-0.3, -0.25) is 4.90 Å². The lowest BCUT2D eigenvalue weighted by Gasteiger charge is -2.25. The van der Waals surface area contributed by atoms with E-state index in [1.807, 2.05) is 38.1 Å². The molecule has 1 rings (SSSR count). The van der Waals surface area contributed by atoms with Crippen LogP contribution >= 0.6 is 0 Å². The largest absolute Gasteiger partial charge is 0.480 e. The van der Waals surface area contributed by atoms with Crippen molar-refractivity contribution in [1.82, 2.24) is 5.32 Å². The molecule has 0 spiro atoms. The maximum absolute atomic E-state index is 12.3. The molecule has 0 bridgehead atoms. The molecule has 1 aromatic rings. The molecular formula is C15H22N2O3. The van der Waals surface area contributed by atoms with Gasteiger partial charge in [-0.05, 0) is 37.5 Å². The third kappa shape index (κ3) is 3.98. The van der Waals surface area contributed by atoms with Gasteiger partial charge in [0.25, 0.3) is 0 Å². The van der Waals surface area contributed by atoms with Gasteiger partial charge in [-0.1, -0.05) is 26.0 Å². The molecule has 0 fully saturated rings. The van der Waals surface area contributed by atoms with E-state index in [0.717, 1.165) is 11.3 Å². The number of carbonyl (C=O) groups is 2. The minimum atomic E-state index is -1.02. The zero-order chi connectivity index (χ0) is 15.3. The molecule has 0 aromatic heterocycles. The number of nitrogens with one attached hydrogen (secondary N) is 1. The van der Waals surface area contributed by atoms with Crippen molar-refractivity contribution in [2.45, 2.75) is 33.7 Å². The van der Waals surface area contributed by atoms with Gasteiger partial charge in [-0.2, -0.15) is 0 Å². The number of rotatable bonds is 5. The number of anilines is 1. The molecule has 0 radical (unpaired) electrons. The average molecular weight is 278 g/mol. The van der Waals surface area contributed by atoms with Crippen LogP contribution in [0, 0.1) is 12.8 Å². The van der Waals surface area contributed by atoms with Gasteiger partial charge in [0.15, 0.2) is 0 Å². The van der Waals surface area contributed by atoms with Gasteiger partial charge >= 0.3 is 12.0 Å². The van der Waals surface area contributed by atoms with Crippen molar-refractivity contribution in [1.29, 1.82) is 0 Å². The van der Waals surface area contributed by atoms with E-state index < -0.39 is 12.0 Å². The standard InChI is InChI=1S/C15H22N2O3/c1-5-17(12-8-6-7-11(4)9-12)15(20)16-13(10(2)3)14(18)19/h6-10,13H,5H2,1-4H3,(H,16,20)(H,18,19)/t13-/m0/s1. The lowest BCUT2D eigenvalue weighted by Crippen LogP contribution is -2.50. The summed E-state index contributed by atoms with van der Waals surface area (Å²) in [6.07, 6.45) is 0. The van der Waals surface area contributed by atoms with E-state index >= 15 is 0 Å². The molecular weight excluding hydrogens is 256 g/mol. The molecule has 110 valence electrons. The molecule has 20 heavy (non-hydrogen) atoms. The van der Waals surface area contributed by atoms with Crippen molar-refractivity contribution in [3.8, 4) is 0 Å². The van der Waals surface area contributed by atoms with Gasteiger partial charge in [0, 0.05) is 12.2 Å². The van der Waals surface area contributed by atoms with Crippen LogP contribution in [0.3, 0.4) is 0 Å². The summed E-state index contributed by atoms with van der Waals surface area (Å²) >= 11 is 0. The smallest absolute Gasteiger partial charge is 0.326 e. The van der Waals surface area contributed by atoms with E-state index in [4.69, 9.17) is 5.11 Å². The Morgan fingerprint density at radius 3 is 2.45 bits per heavy atom. The van der Waals surface area contributed by atoms with Crippen molar-refractivity contribution >= 4 is 17.7 Å². The van der Waals surface area contributed by atoms with E-state index in [0.29, 0.717) is 6.54 Å². The van der Waals surface area contributed by atoms with Crippen LogP contribution in [0.25, 0.3) is 0 Å². The number of benzene rings is 1. The highest BCUT2D eigenvalue weighted by Crippen LogP contribution is 2.16. The first-order chi connectivity index (χ1) is 9.36. The molecule has 0 heterocycles. The van der Waals surface area contributed by atoms with Gasteiger partial charge in [0.1, 0.15) is 6.04 Å². The maximum atomic E-state index is 12.3. The highest BCUT2D eigenvalue weighted by Gasteiger charge is 2.25. The minimum absolute atomic E-state index is 0.173. The molecule has 0 aliphatic rings. The molecule has 0 unspecified atom stereocenters. The lowest BCUT2D eigenvalue weighted by atomic mass is 10.1. The fourth-order valence-electron chi connectivity index (χ4n) is 1.96. The van der Waals surface area contributed by atoms with Crippen molar-refractivity contribution < 1.29 is 14.7 Å². The number of urea groups is 1. The zero-order valence-electron chi connectivity index (χ0n) is 12.4. The fourth-order valence-corrected chi connectivity index (χ4v) is 1.96. The van der Waals surface area contributed by atoms with Crippen molar-refractivity contribution in [3.05, 3.63) is 29.8 Å². The van der Waals surface area contributed by atoms with E-state index in [-0.39, 0.29) is 11.9 Å². The number of hydrogen-bond acceptors (Lipinski definition) is 2. The summed E-state index contributed by atoms with van der Waals surface area (Å²) in [6.45, 7) is 7.81. The SMILES string of the molecule is CCN(C(=O)N[C@H](C(=O)O)C(C)C)c1cccc(C)c1. The maximum Gasteiger partial charge on any atom is 0.326 e. The molecule has 0 aliphatic heterocycles. The molecule has 0 saturated carbocycles. The highest BCUT2D eigenvalue weighted by atomic mass is 16.4. The molecule has 5 heteroatoms. The van der Waals surface area contributed by atoms with Crippen molar-refractivity contribution in [3.63, 3.8) is 0 Å². The van der Waals surface area contributed by atoms with Crippen molar-refractivity contribution in [2.75, 3.05) is 11.4 Å². The van der Waals surface area contributed by atoms with Crippen LogP contribution in [0.5, 0.6) is 0 Å². The second-order valence-electron chi connectivity index (χ2n) is 5.09. The van der Waals surface area contributed by atoms with Gasteiger partial charge in [0.2, 0.25) is 0 Å². The Morgan fingerprint density at radius 2 is 2.00 bits per heavy atom. The summed E-state index contributed by atoms with van der Waals surface area (Å²) in [7, 11) is 0. The van der Waals surface area contributed by atoms with Crippen LogP contribution in [0.2, 0.25) is 0 Å². The summed E-state index contributed by atoms with van der Waals surface area (Å²) < 4.78 is 0. The Bertz CT molecular complexity index is 486. The molecule has 1 aromatic carbocycles. The van der Waals surface area contributed by atoms with Crippen LogP contribution in [0.15, 0.2) is 24.3 Å². The minimum Gasteiger partial charge on any atom is -0.480 e. The summed E-state index contributed by atoms with van der Waals surface area (Å²) in [6, 6.07) is 6.27. The molecule has 2 amide bonds. The van der Waals surface area contributed by atoms with Gasteiger partial charge < -0.3 is 10.4 Å². The first-order valence-electron chi connectivity index (χ1n) is 6.74. The number of carboxylic acid groups (broad SMARTS) is 1. The average Bonchev–Trinajstić information content (AvgIpc) is 2.36. The van der Waals surface area contributed by atoms with E-state index in [9.17, 15) is 9.59 Å². The van der Waals surface area contributed by atoms with Crippen LogP contribution in [-0.2, 0) is 4.79 Å². The summed E-state index contributed by atoms with van der Waals surface area (Å²) in [4.78, 5) is 24.9. The molecule has 0 saturated heterocycles. The summed E-state index contributed by atoms with van der Waals surface area (Å²) in [5, 5.41) is 11.7. The molecule has 0 aliphatic carbocycles. The first-order valence-corrected chi connectivity index (χ1v) is 6.74. The first kappa shape index (κ1) is 16.0. The van der Waals surface area contributed by atoms with Crippen LogP contribution in [0.1, 0.15) is 26.3 Å². The van der Waals surface area contributed by atoms with Gasteiger partial charge in [-0.15, -0.1) is 0 Å². The van der Waals surface area contributed by atoms with E-state index in [1.54, 1.807) is 13.8 Å². The predicted octanol–water partition coefficient (Wildman–Crippen LogP) is 2.64. The van der Waals surface area contributed by atoms with E-state index in [2.05, 4.69) is 5.32 Å². The number of aryl methyl sites for hydroxylation is 1. The third-order valence-corrected chi connectivity index (χ3v) is 3.09. The van der Waals surface area contributed by atoms with E-state index in [1.165, 1.54) is 4.90 Å². The predicted molar refractivity (Wildman–Crippen MR) is 79.0 cm³/mol. The Hall–Kier alpha value is -2.04. The van der Waals surface area contributed by atoms with Gasteiger partial charge in [-0.25, -0.2) is 9.59 Å². The Kier molecular flexibility index (Phi) is 5.55. The Morgan fingerprint density at radius 1 is 1.35 bits per heavy atom. The zero-order valence-corrected chi connectivity index (χ0v) is 12.4. The number of carboxylic acids is 1. The second kappa shape index (κ2) is 6.93. The molecule has 2 N–H and O–H groups in total. The summed E-state index contributed by atoms with van der Waals surface area (Å²) in [5.74, 6) is -1.19. The number of hydrogen-bond donors (Lipinski definition) is 2. The number of carbonyl (C=O) groups excluding carboxylic acids is 1. The second-order valence-corrected chi connectivity index (χ2v) is 5.09. The van der Waals surface area contributed by atoms with Crippen LogP contribution in [0.4, 0.5) is 10.5 Å². The number of nitrogens with zero attached hydrogens (tertiary/aromatic N) is 1. The molecule has 1 atom stereocenters. The third-order valence-electron chi connectivity index (χ3n) is 3.09. The lowest BCUT2D eigenvalue weighted by molar-refractivity contribution is -0.140. The Balaban J connectivity index is 2.90. The topological polar surface area (TPSA) is 69.6 Å². The number of aliphatic carboxylic acids is 1. The van der Waals surface area contributed by atoms with Crippen LogP contribution < -0.4 is 10.2 Å². The van der Waals surface area contributed by atoms with Crippen LogP contribution in [-0.4, -0.2) is 29.7 Å². The Labute approximate surface area is 119 Å². The van der Waals surface area contributed by atoms with Gasteiger partial charge in [0.05, 0.1) is 0 Å². The monoisotopic (exact) mass is 278 g/mol. The molecule has 5 nitrogen and oxygen atoms in total. The summed E-state index contributed by atoms with van der Waals surface area (Å²) in [5.41, 5.74) is 1.81. The normalized spacial score (nSPS) is 12.1. The van der Waals surface area contributed by atoms with Crippen molar-refractivity contribution in [2.24, 2.45) is 5.92 Å². The number of amides is 2. The highest BCUT2D eigenvalue weighted by molar-refractivity contribution is 5.94. The fraction of sp³-hybridized carbons (Fsp3) is 0.467. The quantitative estimate of drug-likeness (QED) is 0.870.